The summed E-state index contributed by atoms with van der Waals surface area (Å²) in [5.74, 6) is 1.41. The van der Waals surface area contributed by atoms with E-state index in [0.717, 1.165) is 25.3 Å². The number of piperidine rings is 1. The Morgan fingerprint density at radius 2 is 2.00 bits per heavy atom. The molecule has 2 atom stereocenters. The van der Waals surface area contributed by atoms with E-state index >= 15 is 0 Å². The van der Waals surface area contributed by atoms with Gasteiger partial charge in [-0.1, -0.05) is 12.2 Å². The number of rotatable bonds is 2. The van der Waals surface area contributed by atoms with Crippen LogP contribution in [-0.4, -0.2) is 27.2 Å². The van der Waals surface area contributed by atoms with E-state index in [9.17, 15) is 0 Å². The molecule has 0 spiro atoms. The highest BCUT2D eigenvalue weighted by Crippen LogP contribution is 2.38. The number of aryl methyl sites for hydroxylation is 1. The molecule has 2 bridgehead atoms. The molecule has 4 heteroatoms. The molecule has 16 heavy (non-hydrogen) atoms. The van der Waals surface area contributed by atoms with Gasteiger partial charge in [0.1, 0.15) is 0 Å². The fourth-order valence-electron chi connectivity index (χ4n) is 3.02. The molecule has 0 N–H and O–H groups in total. The first-order valence-corrected chi connectivity index (χ1v) is 5.94. The summed E-state index contributed by atoms with van der Waals surface area (Å²) < 4.78 is 5.45. The van der Waals surface area contributed by atoms with Crippen molar-refractivity contribution in [2.75, 3.05) is 0 Å². The molecule has 0 radical (unpaired) electrons. The first kappa shape index (κ1) is 10.0. The molecule has 0 amide bonds. The van der Waals surface area contributed by atoms with Crippen molar-refractivity contribution in [2.45, 2.75) is 51.2 Å². The van der Waals surface area contributed by atoms with Gasteiger partial charge in [-0.15, -0.1) is 10.2 Å². The maximum absolute atomic E-state index is 5.45. The maximum Gasteiger partial charge on any atom is 0.230 e. The predicted molar refractivity (Wildman–Crippen MR) is 59.8 cm³/mol. The minimum absolute atomic E-state index is 0.651. The Hall–Kier alpha value is -1.16. The molecule has 1 aromatic rings. The van der Waals surface area contributed by atoms with Crippen molar-refractivity contribution >= 4 is 0 Å². The smallest absolute Gasteiger partial charge is 0.230 e. The van der Waals surface area contributed by atoms with Crippen molar-refractivity contribution in [1.82, 2.24) is 15.1 Å². The Morgan fingerprint density at radius 3 is 2.56 bits per heavy atom. The van der Waals surface area contributed by atoms with Crippen molar-refractivity contribution in [3.8, 4) is 0 Å². The molecule has 0 aliphatic carbocycles. The minimum Gasteiger partial charge on any atom is -0.424 e. The third-order valence-corrected chi connectivity index (χ3v) is 3.71. The van der Waals surface area contributed by atoms with Gasteiger partial charge in [0.2, 0.25) is 11.8 Å². The van der Waals surface area contributed by atoms with Gasteiger partial charge >= 0.3 is 0 Å². The fraction of sp³-hybridized carbons (Fsp3) is 0.667. The van der Waals surface area contributed by atoms with Crippen LogP contribution in [0.2, 0.25) is 0 Å². The number of aromatic nitrogens is 2. The minimum atomic E-state index is 0.651. The number of nitrogens with zero attached hydrogens (tertiary/aromatic N) is 3. The van der Waals surface area contributed by atoms with E-state index in [4.69, 9.17) is 4.42 Å². The highest BCUT2D eigenvalue weighted by Gasteiger charge is 2.38. The predicted octanol–water partition coefficient (Wildman–Crippen LogP) is 2.06. The SMILES string of the molecule is C=C1CC2CCC(C1)N2Cc1nnc(C)o1. The molecule has 0 aromatic carbocycles. The molecular formula is C12H17N3O. The average molecular weight is 219 g/mol. The topological polar surface area (TPSA) is 42.2 Å². The van der Waals surface area contributed by atoms with Gasteiger partial charge in [0.25, 0.3) is 0 Å². The summed E-state index contributed by atoms with van der Waals surface area (Å²) >= 11 is 0. The highest BCUT2D eigenvalue weighted by atomic mass is 16.4. The summed E-state index contributed by atoms with van der Waals surface area (Å²) in [7, 11) is 0. The third-order valence-electron chi connectivity index (χ3n) is 3.71. The molecular weight excluding hydrogens is 202 g/mol. The van der Waals surface area contributed by atoms with Crippen LogP contribution >= 0.6 is 0 Å². The quantitative estimate of drug-likeness (QED) is 0.714. The zero-order valence-electron chi connectivity index (χ0n) is 9.65. The summed E-state index contributed by atoms with van der Waals surface area (Å²) in [6, 6.07) is 1.30. The lowest BCUT2D eigenvalue weighted by molar-refractivity contribution is 0.142. The molecule has 3 heterocycles. The van der Waals surface area contributed by atoms with Crippen LogP contribution in [0, 0.1) is 6.92 Å². The third kappa shape index (κ3) is 1.67. The molecule has 2 aliphatic rings. The standard InChI is InChI=1S/C12H17N3O/c1-8-5-10-3-4-11(6-8)15(10)7-12-14-13-9(2)16-12/h10-11H,1,3-7H2,2H3. The molecule has 2 aliphatic heterocycles. The van der Waals surface area contributed by atoms with Crippen LogP contribution in [0.25, 0.3) is 0 Å². The largest absolute Gasteiger partial charge is 0.424 e. The van der Waals surface area contributed by atoms with Crippen LogP contribution in [-0.2, 0) is 6.54 Å². The van der Waals surface area contributed by atoms with Crippen molar-refractivity contribution in [1.29, 1.82) is 0 Å². The van der Waals surface area contributed by atoms with Crippen LogP contribution in [0.5, 0.6) is 0 Å². The molecule has 2 fully saturated rings. The molecule has 0 saturated carbocycles. The molecule has 2 unspecified atom stereocenters. The fourth-order valence-corrected chi connectivity index (χ4v) is 3.02. The highest BCUT2D eigenvalue weighted by molar-refractivity contribution is 5.10. The van der Waals surface area contributed by atoms with Gasteiger partial charge in [-0.25, -0.2) is 0 Å². The van der Waals surface area contributed by atoms with E-state index in [2.05, 4.69) is 21.7 Å². The normalized spacial score (nSPS) is 29.9. The molecule has 4 nitrogen and oxygen atoms in total. The number of hydrogen-bond acceptors (Lipinski definition) is 4. The molecule has 86 valence electrons. The van der Waals surface area contributed by atoms with E-state index in [1.165, 1.54) is 18.4 Å². The van der Waals surface area contributed by atoms with Gasteiger partial charge in [0.15, 0.2) is 0 Å². The summed E-state index contributed by atoms with van der Waals surface area (Å²) in [6.07, 6.45) is 4.86. The van der Waals surface area contributed by atoms with Crippen molar-refractivity contribution < 1.29 is 4.42 Å². The first-order valence-electron chi connectivity index (χ1n) is 5.94. The van der Waals surface area contributed by atoms with Gasteiger partial charge in [-0.05, 0) is 25.7 Å². The number of fused-ring (bicyclic) bond motifs is 2. The van der Waals surface area contributed by atoms with E-state index in [0.29, 0.717) is 18.0 Å². The zero-order valence-corrected chi connectivity index (χ0v) is 9.65. The average Bonchev–Trinajstić information content (AvgIpc) is 2.72. The Kier molecular flexibility index (Phi) is 2.32. The van der Waals surface area contributed by atoms with Gasteiger partial charge in [0.05, 0.1) is 6.54 Å². The van der Waals surface area contributed by atoms with E-state index in [-0.39, 0.29) is 0 Å². The second kappa shape index (κ2) is 3.70. The molecule has 2 saturated heterocycles. The Balaban J connectivity index is 1.74. The summed E-state index contributed by atoms with van der Waals surface area (Å²) in [5.41, 5.74) is 1.41. The molecule has 3 rings (SSSR count). The zero-order chi connectivity index (χ0) is 11.1. The van der Waals surface area contributed by atoms with E-state index in [1.54, 1.807) is 0 Å². The van der Waals surface area contributed by atoms with Crippen LogP contribution in [0.3, 0.4) is 0 Å². The first-order chi connectivity index (χ1) is 7.72. The summed E-state index contributed by atoms with van der Waals surface area (Å²) in [5, 5.41) is 7.95. The molecule has 1 aromatic heterocycles. The second-order valence-corrected chi connectivity index (χ2v) is 4.93. The van der Waals surface area contributed by atoms with Gasteiger partial charge in [-0.2, -0.15) is 0 Å². The Bertz CT molecular complexity index is 396. The summed E-state index contributed by atoms with van der Waals surface area (Å²) in [4.78, 5) is 2.52. The summed E-state index contributed by atoms with van der Waals surface area (Å²) in [6.45, 7) is 6.77. The Labute approximate surface area is 95.3 Å². The van der Waals surface area contributed by atoms with Gasteiger partial charge in [0, 0.05) is 19.0 Å². The second-order valence-electron chi connectivity index (χ2n) is 4.93. The van der Waals surface area contributed by atoms with Crippen molar-refractivity contribution in [3.05, 3.63) is 23.9 Å². The van der Waals surface area contributed by atoms with Crippen molar-refractivity contribution in [2.24, 2.45) is 0 Å². The van der Waals surface area contributed by atoms with Crippen LogP contribution < -0.4 is 0 Å². The van der Waals surface area contributed by atoms with Crippen LogP contribution in [0.1, 0.15) is 37.5 Å². The lowest BCUT2D eigenvalue weighted by Gasteiger charge is -2.34. The van der Waals surface area contributed by atoms with Gasteiger partial charge in [-0.3, -0.25) is 4.90 Å². The van der Waals surface area contributed by atoms with E-state index in [1.807, 2.05) is 6.92 Å². The lowest BCUT2D eigenvalue weighted by atomic mass is 9.98. The van der Waals surface area contributed by atoms with Gasteiger partial charge < -0.3 is 4.42 Å². The van der Waals surface area contributed by atoms with Crippen LogP contribution in [0.15, 0.2) is 16.6 Å². The van der Waals surface area contributed by atoms with Crippen LogP contribution in [0.4, 0.5) is 0 Å². The lowest BCUT2D eigenvalue weighted by Crippen LogP contribution is -2.39. The monoisotopic (exact) mass is 219 g/mol. The van der Waals surface area contributed by atoms with Crippen molar-refractivity contribution in [3.63, 3.8) is 0 Å². The number of hydrogen-bond donors (Lipinski definition) is 0. The van der Waals surface area contributed by atoms with E-state index < -0.39 is 0 Å². The Morgan fingerprint density at radius 1 is 1.31 bits per heavy atom. The maximum atomic E-state index is 5.45.